The summed E-state index contributed by atoms with van der Waals surface area (Å²) in [5.41, 5.74) is 0.933. The number of carbonyl (C=O) groups excluding carboxylic acids is 2. The van der Waals surface area contributed by atoms with Crippen LogP contribution in [-0.4, -0.2) is 48.3 Å². The number of hydrogen-bond acceptors (Lipinski definition) is 3. The van der Waals surface area contributed by atoms with Gasteiger partial charge in [0.25, 0.3) is 0 Å². The Morgan fingerprint density at radius 1 is 1.03 bits per heavy atom. The van der Waals surface area contributed by atoms with Crippen LogP contribution < -0.4 is 5.32 Å². The molecule has 0 aromatic heterocycles. The number of alkyl halides is 3. The lowest BCUT2D eigenvalue weighted by molar-refractivity contribution is -0.138. The molecular weight excluding hydrogens is 395 g/mol. The maximum atomic E-state index is 13.1. The number of nitrogens with zero attached hydrogens (tertiary/aromatic N) is 2. The highest BCUT2D eigenvalue weighted by Crippen LogP contribution is 2.34. The summed E-state index contributed by atoms with van der Waals surface area (Å²) in [6.45, 7) is 3.92. The SMILES string of the molecule is Cc1ccccc1CN(C)[C@@H](C)C(=O)N(C)CC(=O)Nc1ccccc1C(F)(F)F. The summed E-state index contributed by atoms with van der Waals surface area (Å²) in [6.07, 6.45) is -4.58. The zero-order chi connectivity index (χ0) is 22.5. The standard InChI is InChI=1S/C22H26F3N3O2/c1-15-9-5-6-10-17(15)13-27(3)16(2)21(30)28(4)14-20(29)26-19-12-8-7-11-18(19)22(23,24)25/h5-12,16H,13-14H2,1-4H3,(H,26,29)/t16-/m0/s1. The van der Waals surface area contributed by atoms with Crippen LogP contribution in [0.15, 0.2) is 48.5 Å². The molecule has 8 heteroatoms. The van der Waals surface area contributed by atoms with Crippen LogP contribution in [0.1, 0.15) is 23.6 Å². The molecule has 0 fully saturated rings. The molecular formula is C22H26F3N3O2. The highest BCUT2D eigenvalue weighted by atomic mass is 19.4. The molecule has 162 valence electrons. The van der Waals surface area contributed by atoms with Crippen LogP contribution in [-0.2, 0) is 22.3 Å². The van der Waals surface area contributed by atoms with Crippen LogP contribution in [0.5, 0.6) is 0 Å². The molecule has 0 radical (unpaired) electrons. The second-order valence-electron chi connectivity index (χ2n) is 7.30. The number of para-hydroxylation sites is 1. The van der Waals surface area contributed by atoms with Crippen molar-refractivity contribution >= 4 is 17.5 Å². The van der Waals surface area contributed by atoms with E-state index in [9.17, 15) is 22.8 Å². The van der Waals surface area contributed by atoms with Crippen LogP contribution in [0.25, 0.3) is 0 Å². The zero-order valence-corrected chi connectivity index (χ0v) is 17.5. The largest absolute Gasteiger partial charge is 0.418 e. The number of rotatable bonds is 7. The lowest BCUT2D eigenvalue weighted by atomic mass is 10.1. The Labute approximate surface area is 174 Å². The Hall–Kier alpha value is -2.87. The van der Waals surface area contributed by atoms with E-state index in [4.69, 9.17) is 0 Å². The average molecular weight is 421 g/mol. The molecule has 0 aliphatic heterocycles. The third kappa shape index (κ3) is 6.06. The molecule has 0 spiro atoms. The van der Waals surface area contributed by atoms with Crippen molar-refractivity contribution in [1.29, 1.82) is 0 Å². The van der Waals surface area contributed by atoms with E-state index >= 15 is 0 Å². The molecule has 2 aromatic carbocycles. The van der Waals surface area contributed by atoms with Gasteiger partial charge in [0.2, 0.25) is 11.8 Å². The van der Waals surface area contributed by atoms with Crippen LogP contribution in [0.4, 0.5) is 18.9 Å². The molecule has 30 heavy (non-hydrogen) atoms. The fraction of sp³-hybridized carbons (Fsp3) is 0.364. The minimum atomic E-state index is -4.58. The van der Waals surface area contributed by atoms with E-state index in [-0.39, 0.29) is 18.1 Å². The number of likely N-dealkylation sites (N-methyl/N-ethyl adjacent to an activating group) is 2. The Kier molecular flexibility index (Phi) is 7.61. The molecule has 0 unspecified atom stereocenters. The zero-order valence-electron chi connectivity index (χ0n) is 17.5. The summed E-state index contributed by atoms with van der Waals surface area (Å²) in [5, 5.41) is 2.25. The molecule has 0 saturated heterocycles. The van der Waals surface area contributed by atoms with Gasteiger partial charge in [0.15, 0.2) is 0 Å². The van der Waals surface area contributed by atoms with E-state index in [0.29, 0.717) is 6.54 Å². The summed E-state index contributed by atoms with van der Waals surface area (Å²) in [7, 11) is 3.26. The van der Waals surface area contributed by atoms with E-state index in [0.717, 1.165) is 17.2 Å². The van der Waals surface area contributed by atoms with E-state index in [1.807, 2.05) is 43.1 Å². The van der Waals surface area contributed by atoms with Gasteiger partial charge in [-0.25, -0.2) is 0 Å². The first kappa shape index (κ1) is 23.4. The van der Waals surface area contributed by atoms with Gasteiger partial charge in [-0.3, -0.25) is 14.5 Å². The number of aryl methyl sites for hydroxylation is 1. The van der Waals surface area contributed by atoms with Crippen LogP contribution in [0.3, 0.4) is 0 Å². The number of hydrogen-bond donors (Lipinski definition) is 1. The summed E-state index contributed by atoms with van der Waals surface area (Å²) in [6, 6.07) is 12.1. The summed E-state index contributed by atoms with van der Waals surface area (Å²) < 4.78 is 39.2. The van der Waals surface area contributed by atoms with Gasteiger partial charge in [-0.15, -0.1) is 0 Å². The Morgan fingerprint density at radius 3 is 2.27 bits per heavy atom. The van der Waals surface area contributed by atoms with Crippen molar-refractivity contribution in [3.63, 3.8) is 0 Å². The van der Waals surface area contributed by atoms with Gasteiger partial charge in [0.1, 0.15) is 0 Å². The molecule has 2 aromatic rings. The Balaban J connectivity index is 1.98. The van der Waals surface area contributed by atoms with Crippen molar-refractivity contribution in [2.45, 2.75) is 32.6 Å². The quantitative estimate of drug-likeness (QED) is 0.737. The van der Waals surface area contributed by atoms with Gasteiger partial charge in [-0.05, 0) is 44.2 Å². The van der Waals surface area contributed by atoms with E-state index in [1.165, 1.54) is 30.1 Å². The molecule has 2 rings (SSSR count). The predicted octanol–water partition coefficient (Wildman–Crippen LogP) is 3.93. The molecule has 0 bridgehead atoms. The normalized spacial score (nSPS) is 12.5. The number of benzene rings is 2. The maximum Gasteiger partial charge on any atom is 0.418 e. The Morgan fingerprint density at radius 2 is 1.63 bits per heavy atom. The second-order valence-corrected chi connectivity index (χ2v) is 7.30. The van der Waals surface area contributed by atoms with Crippen molar-refractivity contribution in [1.82, 2.24) is 9.80 Å². The molecule has 0 aliphatic carbocycles. The average Bonchev–Trinajstić information content (AvgIpc) is 2.68. The minimum absolute atomic E-state index is 0.301. The number of carbonyl (C=O) groups is 2. The molecule has 2 amide bonds. The van der Waals surface area contributed by atoms with Gasteiger partial charge >= 0.3 is 6.18 Å². The predicted molar refractivity (Wildman–Crippen MR) is 110 cm³/mol. The first-order chi connectivity index (χ1) is 14.0. The molecule has 5 nitrogen and oxygen atoms in total. The minimum Gasteiger partial charge on any atom is -0.335 e. The van der Waals surface area contributed by atoms with Crippen LogP contribution >= 0.6 is 0 Å². The van der Waals surface area contributed by atoms with E-state index < -0.39 is 23.7 Å². The molecule has 1 N–H and O–H groups in total. The highest BCUT2D eigenvalue weighted by molar-refractivity contribution is 5.95. The fourth-order valence-corrected chi connectivity index (χ4v) is 3.02. The van der Waals surface area contributed by atoms with Crippen molar-refractivity contribution < 1.29 is 22.8 Å². The summed E-state index contributed by atoms with van der Waals surface area (Å²) >= 11 is 0. The third-order valence-corrected chi connectivity index (χ3v) is 4.96. The topological polar surface area (TPSA) is 52.7 Å². The lowest BCUT2D eigenvalue weighted by Crippen LogP contribution is -2.46. The van der Waals surface area contributed by atoms with E-state index in [2.05, 4.69) is 5.32 Å². The second kappa shape index (κ2) is 9.75. The van der Waals surface area contributed by atoms with Gasteiger partial charge in [-0.2, -0.15) is 13.2 Å². The van der Waals surface area contributed by atoms with Crippen molar-refractivity contribution in [3.05, 3.63) is 65.2 Å². The molecule has 1 atom stereocenters. The van der Waals surface area contributed by atoms with Gasteiger partial charge < -0.3 is 10.2 Å². The lowest BCUT2D eigenvalue weighted by Gasteiger charge is -2.28. The van der Waals surface area contributed by atoms with Gasteiger partial charge in [-0.1, -0.05) is 36.4 Å². The fourth-order valence-electron chi connectivity index (χ4n) is 3.02. The van der Waals surface area contributed by atoms with Crippen molar-refractivity contribution in [2.75, 3.05) is 26.0 Å². The summed E-state index contributed by atoms with van der Waals surface area (Å²) in [4.78, 5) is 28.0. The van der Waals surface area contributed by atoms with Crippen LogP contribution in [0.2, 0.25) is 0 Å². The van der Waals surface area contributed by atoms with Crippen LogP contribution in [0, 0.1) is 6.92 Å². The first-order valence-corrected chi connectivity index (χ1v) is 9.46. The third-order valence-electron chi connectivity index (χ3n) is 4.96. The molecule has 0 aliphatic rings. The van der Waals surface area contributed by atoms with Crippen molar-refractivity contribution in [2.24, 2.45) is 0 Å². The van der Waals surface area contributed by atoms with Crippen molar-refractivity contribution in [3.8, 4) is 0 Å². The first-order valence-electron chi connectivity index (χ1n) is 9.46. The molecule has 0 heterocycles. The smallest absolute Gasteiger partial charge is 0.335 e. The van der Waals surface area contributed by atoms with E-state index in [1.54, 1.807) is 6.92 Å². The maximum absolute atomic E-state index is 13.1. The highest BCUT2D eigenvalue weighted by Gasteiger charge is 2.33. The van der Waals surface area contributed by atoms with Gasteiger partial charge in [0.05, 0.1) is 23.8 Å². The number of halogens is 3. The number of amides is 2. The number of nitrogens with one attached hydrogen (secondary N) is 1. The molecule has 0 saturated carbocycles. The Bertz CT molecular complexity index is 899. The monoisotopic (exact) mass is 421 g/mol. The summed E-state index contributed by atoms with van der Waals surface area (Å²) in [5.74, 6) is -0.998. The number of anilines is 1. The van der Waals surface area contributed by atoms with Gasteiger partial charge in [0, 0.05) is 13.6 Å².